The van der Waals surface area contributed by atoms with Crippen LogP contribution in [0.5, 0.6) is 0 Å². The number of aromatic nitrogens is 2. The van der Waals surface area contributed by atoms with Crippen molar-refractivity contribution in [1.29, 1.82) is 0 Å². The van der Waals surface area contributed by atoms with Crippen molar-refractivity contribution in [3.63, 3.8) is 0 Å². The van der Waals surface area contributed by atoms with Crippen LogP contribution in [-0.4, -0.2) is 44.6 Å². The molecule has 1 fully saturated rings. The van der Waals surface area contributed by atoms with E-state index < -0.39 is 15.8 Å². The highest BCUT2D eigenvalue weighted by molar-refractivity contribution is 7.89. The predicted octanol–water partition coefficient (Wildman–Crippen LogP) is 3.77. The molecule has 3 rings (SSSR count). The summed E-state index contributed by atoms with van der Waals surface area (Å²) in [5.41, 5.74) is 0. The van der Waals surface area contributed by atoms with Crippen LogP contribution in [-0.2, 0) is 10.0 Å². The molecule has 1 aromatic heterocycles. The van der Waals surface area contributed by atoms with Gasteiger partial charge >= 0.3 is 0 Å². The van der Waals surface area contributed by atoms with Crippen LogP contribution in [0.25, 0.3) is 0 Å². The maximum Gasteiger partial charge on any atom is 0.240 e. The molecule has 166 valence electrons. The van der Waals surface area contributed by atoms with Crippen molar-refractivity contribution >= 4 is 45.7 Å². The number of aryl methyl sites for hydroxylation is 1. The first kappa shape index (κ1) is 24.6. The highest BCUT2D eigenvalue weighted by Gasteiger charge is 2.26. The summed E-state index contributed by atoms with van der Waals surface area (Å²) in [6.45, 7) is 1.85. The number of rotatable bonds is 6. The number of anilines is 2. The van der Waals surface area contributed by atoms with Crippen LogP contribution < -0.4 is 14.9 Å². The van der Waals surface area contributed by atoms with Gasteiger partial charge in [0.2, 0.25) is 10.0 Å². The molecule has 0 atom stereocenters. The lowest BCUT2D eigenvalue weighted by Crippen LogP contribution is -2.40. The smallest absolute Gasteiger partial charge is 0.240 e. The van der Waals surface area contributed by atoms with Crippen molar-refractivity contribution in [3.8, 4) is 0 Å². The SMILES string of the molecule is Cc1nc(NC2CCC(NS(=O)(=O)c3ccc(F)c(Cl)c3)CC2)cc(N(C)C)n1.Cl. The van der Waals surface area contributed by atoms with E-state index in [1.165, 1.54) is 6.07 Å². The monoisotopic (exact) mass is 477 g/mol. The molecule has 1 aromatic carbocycles. The fourth-order valence-electron chi connectivity index (χ4n) is 3.35. The van der Waals surface area contributed by atoms with E-state index >= 15 is 0 Å². The van der Waals surface area contributed by atoms with Crippen molar-refractivity contribution < 1.29 is 12.8 Å². The van der Waals surface area contributed by atoms with E-state index in [-0.39, 0.29) is 34.4 Å². The number of nitrogens with one attached hydrogen (secondary N) is 2. The van der Waals surface area contributed by atoms with Gasteiger partial charge < -0.3 is 10.2 Å². The van der Waals surface area contributed by atoms with Gasteiger partial charge in [0.1, 0.15) is 23.3 Å². The molecule has 2 N–H and O–H groups in total. The lowest BCUT2D eigenvalue weighted by atomic mass is 9.92. The van der Waals surface area contributed by atoms with Crippen molar-refractivity contribution in [2.45, 2.75) is 49.6 Å². The minimum absolute atomic E-state index is 0. The molecular formula is C19H26Cl2FN5O2S. The normalized spacial score (nSPS) is 19.1. The van der Waals surface area contributed by atoms with Crippen molar-refractivity contribution in [3.05, 3.63) is 40.9 Å². The minimum atomic E-state index is -3.74. The van der Waals surface area contributed by atoms with E-state index in [0.717, 1.165) is 36.6 Å². The van der Waals surface area contributed by atoms with Gasteiger partial charge in [-0.05, 0) is 50.8 Å². The number of sulfonamides is 1. The number of nitrogens with zero attached hydrogens (tertiary/aromatic N) is 3. The van der Waals surface area contributed by atoms with E-state index in [1.807, 2.05) is 32.0 Å². The summed E-state index contributed by atoms with van der Waals surface area (Å²) >= 11 is 5.71. The van der Waals surface area contributed by atoms with Gasteiger partial charge in [-0.15, -0.1) is 12.4 Å². The number of benzene rings is 1. The molecule has 0 saturated heterocycles. The second-order valence-corrected chi connectivity index (χ2v) is 9.56. The van der Waals surface area contributed by atoms with Crippen LogP contribution in [0.3, 0.4) is 0 Å². The summed E-state index contributed by atoms with van der Waals surface area (Å²) in [4.78, 5) is 10.7. The molecule has 1 aliphatic rings. The molecule has 0 bridgehead atoms. The largest absolute Gasteiger partial charge is 0.367 e. The maximum atomic E-state index is 13.3. The molecule has 1 saturated carbocycles. The molecule has 2 aromatic rings. The quantitative estimate of drug-likeness (QED) is 0.658. The van der Waals surface area contributed by atoms with Crippen molar-refractivity contribution in [2.75, 3.05) is 24.3 Å². The number of hydrogen-bond donors (Lipinski definition) is 2. The Morgan fingerprint density at radius 2 is 1.73 bits per heavy atom. The van der Waals surface area contributed by atoms with Gasteiger partial charge in [0.05, 0.1) is 9.92 Å². The Hall–Kier alpha value is -1.68. The summed E-state index contributed by atoms with van der Waals surface area (Å²) in [5, 5.41) is 3.22. The Bertz CT molecular complexity index is 983. The first-order valence-corrected chi connectivity index (χ1v) is 11.3. The molecule has 0 unspecified atom stereocenters. The van der Waals surface area contributed by atoms with Crippen LogP contribution in [0.15, 0.2) is 29.2 Å². The maximum absolute atomic E-state index is 13.3. The van der Waals surface area contributed by atoms with Crippen LogP contribution in [0.2, 0.25) is 5.02 Å². The highest BCUT2D eigenvalue weighted by atomic mass is 35.5. The van der Waals surface area contributed by atoms with Gasteiger partial charge in [-0.1, -0.05) is 11.6 Å². The molecule has 7 nitrogen and oxygen atoms in total. The Morgan fingerprint density at radius 3 is 2.33 bits per heavy atom. The second kappa shape index (κ2) is 10.1. The van der Waals surface area contributed by atoms with Crippen LogP contribution >= 0.6 is 24.0 Å². The van der Waals surface area contributed by atoms with Gasteiger partial charge in [-0.2, -0.15) is 0 Å². The van der Waals surface area contributed by atoms with Crippen molar-refractivity contribution in [2.24, 2.45) is 0 Å². The first-order chi connectivity index (χ1) is 13.6. The summed E-state index contributed by atoms with van der Waals surface area (Å²) in [6.07, 6.45) is 2.99. The molecule has 0 radical (unpaired) electrons. The van der Waals surface area contributed by atoms with Crippen LogP contribution in [0.1, 0.15) is 31.5 Å². The molecule has 1 heterocycles. The number of halogens is 3. The van der Waals surface area contributed by atoms with Crippen LogP contribution in [0, 0.1) is 12.7 Å². The van der Waals surface area contributed by atoms with Gasteiger partial charge in [0.25, 0.3) is 0 Å². The highest BCUT2D eigenvalue weighted by Crippen LogP contribution is 2.25. The summed E-state index contributed by atoms with van der Waals surface area (Å²) in [7, 11) is 0.112. The Balaban J connectivity index is 0.00000320. The standard InChI is InChI=1S/C19H25ClFN5O2S.ClH/c1-12-22-18(11-19(23-12)26(2)3)24-13-4-6-14(7-5-13)25-29(27,28)15-8-9-17(21)16(20)10-15;/h8-11,13-14,25H,4-7H2,1-3H3,(H,22,23,24);1H. The Kier molecular flexibility index (Phi) is 8.27. The molecule has 11 heteroatoms. The third-order valence-electron chi connectivity index (χ3n) is 4.88. The Labute approximate surface area is 187 Å². The third kappa shape index (κ3) is 6.16. The molecular weight excluding hydrogens is 452 g/mol. The summed E-state index contributed by atoms with van der Waals surface area (Å²) in [5.74, 6) is 1.65. The van der Waals surface area contributed by atoms with E-state index in [4.69, 9.17) is 11.6 Å². The number of hydrogen-bond acceptors (Lipinski definition) is 6. The fourth-order valence-corrected chi connectivity index (χ4v) is 4.93. The lowest BCUT2D eigenvalue weighted by Gasteiger charge is -2.30. The van der Waals surface area contributed by atoms with E-state index in [2.05, 4.69) is 20.0 Å². The third-order valence-corrected chi connectivity index (χ3v) is 6.69. The van der Waals surface area contributed by atoms with E-state index in [1.54, 1.807) is 0 Å². The van der Waals surface area contributed by atoms with Crippen molar-refractivity contribution in [1.82, 2.24) is 14.7 Å². The molecule has 0 aliphatic heterocycles. The zero-order chi connectivity index (χ0) is 21.2. The predicted molar refractivity (Wildman–Crippen MR) is 120 cm³/mol. The van der Waals surface area contributed by atoms with Crippen LogP contribution in [0.4, 0.5) is 16.0 Å². The first-order valence-electron chi connectivity index (χ1n) is 9.41. The van der Waals surface area contributed by atoms with Gasteiger partial charge in [-0.3, -0.25) is 0 Å². The zero-order valence-corrected chi connectivity index (χ0v) is 19.4. The molecule has 0 amide bonds. The molecule has 30 heavy (non-hydrogen) atoms. The fraction of sp³-hybridized carbons (Fsp3) is 0.474. The minimum Gasteiger partial charge on any atom is -0.367 e. The second-order valence-electron chi connectivity index (χ2n) is 7.44. The van der Waals surface area contributed by atoms with E-state index in [0.29, 0.717) is 18.7 Å². The topological polar surface area (TPSA) is 87.2 Å². The van der Waals surface area contributed by atoms with Gasteiger partial charge in [-0.25, -0.2) is 27.5 Å². The average Bonchev–Trinajstić information content (AvgIpc) is 2.64. The molecule has 1 aliphatic carbocycles. The van der Waals surface area contributed by atoms with Gasteiger partial charge in [0, 0.05) is 32.2 Å². The zero-order valence-electron chi connectivity index (χ0n) is 17.0. The summed E-state index contributed by atoms with van der Waals surface area (Å²) < 4.78 is 41.1. The Morgan fingerprint density at radius 1 is 1.10 bits per heavy atom. The summed E-state index contributed by atoms with van der Waals surface area (Å²) in [6, 6.07) is 5.35. The lowest BCUT2D eigenvalue weighted by molar-refractivity contribution is 0.387. The van der Waals surface area contributed by atoms with E-state index in [9.17, 15) is 12.8 Å². The average molecular weight is 478 g/mol. The van der Waals surface area contributed by atoms with Gasteiger partial charge in [0.15, 0.2) is 0 Å². The molecule has 0 spiro atoms.